The molecule has 0 spiro atoms. The van der Waals surface area contributed by atoms with Gasteiger partial charge in [0.1, 0.15) is 5.75 Å². The van der Waals surface area contributed by atoms with Crippen LogP contribution in [0, 0.1) is 0 Å². The molecule has 0 aliphatic rings. The molecule has 1 nitrogen and oxygen atoms in total. The third-order valence-corrected chi connectivity index (χ3v) is 4.76. The highest BCUT2D eigenvalue weighted by molar-refractivity contribution is 7.95. The van der Waals surface area contributed by atoms with Gasteiger partial charge in [0.05, 0.1) is 12.5 Å². The molecular formula is C17H38OS. The second kappa shape index (κ2) is 18.3. The van der Waals surface area contributed by atoms with E-state index in [1.807, 2.05) is 0 Å². The monoisotopic (exact) mass is 290 g/mol. The smallest absolute Gasteiger partial charge is 0.107 e. The van der Waals surface area contributed by atoms with Crippen molar-refractivity contribution in [2.24, 2.45) is 0 Å². The molecule has 0 aromatic rings. The van der Waals surface area contributed by atoms with Crippen LogP contribution in [0.15, 0.2) is 0 Å². The van der Waals surface area contributed by atoms with Crippen molar-refractivity contribution in [3.63, 3.8) is 0 Å². The Morgan fingerprint density at radius 3 is 1.16 bits per heavy atom. The predicted octanol–water partition coefficient (Wildman–Crippen LogP) is 5.78. The van der Waals surface area contributed by atoms with Gasteiger partial charge in [-0.3, -0.25) is 0 Å². The zero-order chi connectivity index (χ0) is 13.5. The van der Waals surface area contributed by atoms with E-state index in [9.17, 15) is 0 Å². The van der Waals surface area contributed by atoms with Crippen LogP contribution in [0.1, 0.15) is 90.4 Å². The molecule has 0 aromatic heterocycles. The Morgan fingerprint density at radius 2 is 0.842 bits per heavy atom. The van der Waals surface area contributed by atoms with Crippen molar-refractivity contribution in [1.29, 1.82) is 0 Å². The van der Waals surface area contributed by atoms with Crippen molar-refractivity contribution >= 4 is 10.9 Å². The van der Waals surface area contributed by atoms with Gasteiger partial charge in [-0.05, 0) is 23.7 Å². The van der Waals surface area contributed by atoms with E-state index in [0.717, 1.165) is 0 Å². The second-order valence-corrected chi connectivity index (χ2v) is 8.31. The average molecular weight is 291 g/mol. The van der Waals surface area contributed by atoms with E-state index >= 15 is 0 Å². The van der Waals surface area contributed by atoms with Gasteiger partial charge in [0.25, 0.3) is 0 Å². The normalized spacial score (nSPS) is 10.7. The fourth-order valence-electron chi connectivity index (χ4n) is 2.41. The zero-order valence-corrected chi connectivity index (χ0v) is 14.6. The van der Waals surface area contributed by atoms with Crippen molar-refractivity contribution in [1.82, 2.24) is 0 Å². The summed E-state index contributed by atoms with van der Waals surface area (Å²) in [4.78, 5) is 0. The van der Waals surface area contributed by atoms with Crippen LogP contribution in [0.3, 0.4) is 0 Å². The molecule has 0 radical (unpaired) electrons. The van der Waals surface area contributed by atoms with E-state index in [1.54, 1.807) is 0 Å². The van der Waals surface area contributed by atoms with Crippen LogP contribution in [0.2, 0.25) is 0 Å². The van der Waals surface area contributed by atoms with E-state index in [2.05, 4.69) is 19.4 Å². The minimum Gasteiger partial charge on any atom is -0.870 e. The Hall–Kier alpha value is 0.310. The molecule has 1 N–H and O–H groups in total. The molecule has 0 atom stereocenters. The molecule has 0 aromatic carbocycles. The van der Waals surface area contributed by atoms with Crippen molar-refractivity contribution in [3.05, 3.63) is 0 Å². The molecule has 0 bridgehead atoms. The van der Waals surface area contributed by atoms with Gasteiger partial charge in [0.15, 0.2) is 0 Å². The van der Waals surface area contributed by atoms with E-state index in [-0.39, 0.29) is 5.48 Å². The SMILES string of the molecule is CCCCCCCCCCCCCCC[S+](C)C.[OH-]. The highest BCUT2D eigenvalue weighted by atomic mass is 32.2. The van der Waals surface area contributed by atoms with Crippen molar-refractivity contribution in [2.75, 3.05) is 18.3 Å². The molecule has 0 fully saturated rings. The van der Waals surface area contributed by atoms with Crippen LogP contribution in [-0.2, 0) is 10.9 Å². The first-order valence-electron chi connectivity index (χ1n) is 8.31. The Morgan fingerprint density at radius 1 is 0.526 bits per heavy atom. The second-order valence-electron chi connectivity index (χ2n) is 5.93. The summed E-state index contributed by atoms with van der Waals surface area (Å²) >= 11 is 0. The highest BCUT2D eigenvalue weighted by Gasteiger charge is 2.00. The minimum absolute atomic E-state index is 0. The first kappa shape index (κ1) is 21.6. The lowest BCUT2D eigenvalue weighted by molar-refractivity contribution is 0.543. The summed E-state index contributed by atoms with van der Waals surface area (Å²) in [6, 6.07) is 0. The van der Waals surface area contributed by atoms with Crippen LogP contribution in [0.5, 0.6) is 0 Å². The molecule has 0 aliphatic carbocycles. The topological polar surface area (TPSA) is 30.0 Å². The maximum Gasteiger partial charge on any atom is 0.107 e. The van der Waals surface area contributed by atoms with Crippen molar-refractivity contribution < 1.29 is 5.48 Å². The van der Waals surface area contributed by atoms with E-state index in [4.69, 9.17) is 0 Å². The van der Waals surface area contributed by atoms with Crippen LogP contribution in [0.4, 0.5) is 0 Å². The maximum atomic E-state index is 2.36. The van der Waals surface area contributed by atoms with E-state index in [1.165, 1.54) is 89.2 Å². The van der Waals surface area contributed by atoms with Gasteiger partial charge >= 0.3 is 0 Å². The first-order chi connectivity index (χ1) is 8.77. The molecule has 0 rings (SSSR count). The average Bonchev–Trinajstić information content (AvgIpc) is 2.34. The van der Waals surface area contributed by atoms with Gasteiger partial charge in [-0.15, -0.1) is 0 Å². The predicted molar refractivity (Wildman–Crippen MR) is 91.7 cm³/mol. The molecule has 0 saturated carbocycles. The van der Waals surface area contributed by atoms with Crippen LogP contribution >= 0.6 is 0 Å². The third kappa shape index (κ3) is 20.8. The molecule has 0 heterocycles. The first-order valence-corrected chi connectivity index (χ1v) is 10.5. The molecular weight excluding hydrogens is 252 g/mol. The molecule has 19 heavy (non-hydrogen) atoms. The van der Waals surface area contributed by atoms with Gasteiger partial charge < -0.3 is 5.48 Å². The zero-order valence-electron chi connectivity index (χ0n) is 13.8. The summed E-state index contributed by atoms with van der Waals surface area (Å²) in [5, 5.41) is 0. The minimum atomic E-state index is 0. The van der Waals surface area contributed by atoms with Gasteiger partial charge in [0.2, 0.25) is 0 Å². The standard InChI is InChI=1S/C17H37S.H2O/c1-4-5-6-7-8-9-10-11-12-13-14-15-16-17-18(2)3;/h4-17H2,1-3H3;1H2/q+1;/p-1. The summed E-state index contributed by atoms with van der Waals surface area (Å²) in [6.07, 6.45) is 23.8. The fraction of sp³-hybridized carbons (Fsp3) is 1.00. The third-order valence-electron chi connectivity index (χ3n) is 3.66. The van der Waals surface area contributed by atoms with E-state index in [0.29, 0.717) is 10.9 Å². The van der Waals surface area contributed by atoms with Gasteiger partial charge in [-0.25, -0.2) is 0 Å². The summed E-state index contributed by atoms with van der Waals surface area (Å²) in [5.41, 5.74) is 0. The number of hydrogen-bond donors (Lipinski definition) is 0. The number of unbranched alkanes of at least 4 members (excludes halogenated alkanes) is 12. The lowest BCUT2D eigenvalue weighted by Gasteiger charge is -2.02. The van der Waals surface area contributed by atoms with Gasteiger partial charge in [-0.2, -0.15) is 0 Å². The summed E-state index contributed by atoms with van der Waals surface area (Å²) in [6.45, 7) is 2.29. The number of hydrogen-bond acceptors (Lipinski definition) is 1. The van der Waals surface area contributed by atoms with Crippen molar-refractivity contribution in [2.45, 2.75) is 90.4 Å². The summed E-state index contributed by atoms with van der Waals surface area (Å²) < 4.78 is 0. The number of rotatable bonds is 14. The van der Waals surface area contributed by atoms with Crippen LogP contribution < -0.4 is 0 Å². The highest BCUT2D eigenvalue weighted by Crippen LogP contribution is 2.12. The molecule has 118 valence electrons. The van der Waals surface area contributed by atoms with Gasteiger partial charge in [0, 0.05) is 0 Å². The Balaban J connectivity index is 0. The molecule has 0 aliphatic heterocycles. The lowest BCUT2D eigenvalue weighted by Crippen LogP contribution is -2.00. The van der Waals surface area contributed by atoms with Gasteiger partial charge in [-0.1, -0.05) is 77.6 Å². The van der Waals surface area contributed by atoms with Crippen LogP contribution in [-0.4, -0.2) is 23.7 Å². The quantitative estimate of drug-likeness (QED) is 0.294. The van der Waals surface area contributed by atoms with E-state index < -0.39 is 0 Å². The largest absolute Gasteiger partial charge is 0.870 e. The molecule has 2 heteroatoms. The Bertz CT molecular complexity index is 148. The molecule has 0 unspecified atom stereocenters. The lowest BCUT2D eigenvalue weighted by atomic mass is 10.1. The summed E-state index contributed by atoms with van der Waals surface area (Å²) in [7, 11) is 0.669. The molecule has 0 saturated heterocycles. The Labute approximate surface area is 125 Å². The summed E-state index contributed by atoms with van der Waals surface area (Å²) in [5.74, 6) is 1.46. The Kier molecular flexibility index (Phi) is 20.8. The maximum absolute atomic E-state index is 2.36. The van der Waals surface area contributed by atoms with Crippen LogP contribution in [0.25, 0.3) is 0 Å². The van der Waals surface area contributed by atoms with Crippen molar-refractivity contribution in [3.8, 4) is 0 Å². The fourth-order valence-corrected chi connectivity index (χ4v) is 3.19. The molecule has 0 amide bonds.